The molecule has 4 nitrogen and oxygen atoms in total. The van der Waals surface area contributed by atoms with Gasteiger partial charge < -0.3 is 9.72 Å². The molecule has 0 saturated heterocycles. The molecule has 0 unspecified atom stereocenters. The highest BCUT2D eigenvalue weighted by molar-refractivity contribution is 9.10. The molecule has 0 radical (unpaired) electrons. The summed E-state index contributed by atoms with van der Waals surface area (Å²) >= 11 is 3.20. The Morgan fingerprint density at radius 3 is 2.66 bits per heavy atom. The Morgan fingerprint density at radius 2 is 2.00 bits per heavy atom. The summed E-state index contributed by atoms with van der Waals surface area (Å²) in [5.41, 5.74) is 2.51. The van der Waals surface area contributed by atoms with Gasteiger partial charge in [0, 0.05) is 32.7 Å². The zero-order valence-corrected chi connectivity index (χ0v) is 18.3. The first kappa shape index (κ1) is 22.6. The number of rotatable bonds is 4. The van der Waals surface area contributed by atoms with E-state index in [1.54, 1.807) is 31.2 Å². The van der Waals surface area contributed by atoms with E-state index >= 15 is 0 Å². The van der Waals surface area contributed by atoms with Crippen LogP contribution in [-0.4, -0.2) is 35.3 Å². The molecule has 1 N–H and O–H groups in total. The normalized spacial score (nSPS) is 19.2. The van der Waals surface area contributed by atoms with Gasteiger partial charge in [0.1, 0.15) is 5.75 Å². The number of benzene rings is 2. The molecule has 1 aliphatic heterocycles. The minimum Gasteiger partial charge on any atom is -0.434 e. The number of alkyl halides is 5. The minimum atomic E-state index is -4.50. The van der Waals surface area contributed by atoms with Crippen molar-refractivity contribution in [3.8, 4) is 11.8 Å². The molecule has 0 bridgehead atoms. The maximum atomic E-state index is 13.5. The molecule has 2 aromatic carbocycles. The fourth-order valence-corrected chi connectivity index (χ4v) is 4.68. The number of aromatic nitrogens is 1. The van der Waals surface area contributed by atoms with Crippen molar-refractivity contribution in [2.24, 2.45) is 0 Å². The van der Waals surface area contributed by atoms with Crippen molar-refractivity contribution in [1.82, 2.24) is 9.88 Å². The topological polar surface area (TPSA) is 52.1 Å². The van der Waals surface area contributed by atoms with Crippen molar-refractivity contribution < 1.29 is 26.7 Å². The van der Waals surface area contributed by atoms with Gasteiger partial charge in [-0.25, -0.2) is 0 Å². The van der Waals surface area contributed by atoms with Crippen molar-refractivity contribution in [3.63, 3.8) is 0 Å². The summed E-state index contributed by atoms with van der Waals surface area (Å²) in [4.78, 5) is 4.41. The third-order valence-corrected chi connectivity index (χ3v) is 6.08. The van der Waals surface area contributed by atoms with Crippen LogP contribution in [0.1, 0.15) is 35.3 Å². The summed E-state index contributed by atoms with van der Waals surface area (Å²) in [5.74, 6) is -0.206. The van der Waals surface area contributed by atoms with Gasteiger partial charge in [0.15, 0.2) is 0 Å². The molecule has 10 heteroatoms. The van der Waals surface area contributed by atoms with Crippen molar-refractivity contribution in [1.29, 1.82) is 5.26 Å². The summed E-state index contributed by atoms with van der Waals surface area (Å²) in [6, 6.07) is 9.89. The smallest absolute Gasteiger partial charge is 0.401 e. The number of fused-ring (bicyclic) bond motifs is 3. The molecular weight excluding hydrogens is 497 g/mol. The lowest BCUT2D eigenvalue weighted by molar-refractivity contribution is -0.155. The Hall–Kier alpha value is -2.64. The van der Waals surface area contributed by atoms with Crippen LogP contribution in [0.5, 0.6) is 5.75 Å². The van der Waals surface area contributed by atoms with E-state index in [0.717, 1.165) is 10.9 Å². The number of hydrogen-bond acceptors (Lipinski definition) is 3. The van der Waals surface area contributed by atoms with E-state index in [4.69, 9.17) is 4.74 Å². The zero-order chi connectivity index (χ0) is 23.2. The highest BCUT2D eigenvalue weighted by Gasteiger charge is 2.43. The molecule has 0 aliphatic carbocycles. The molecule has 0 amide bonds. The molecule has 4 rings (SSSR count). The highest BCUT2D eigenvalue weighted by Crippen LogP contribution is 2.45. The summed E-state index contributed by atoms with van der Waals surface area (Å²) in [6.45, 7) is -2.69. The van der Waals surface area contributed by atoms with Crippen LogP contribution in [0.4, 0.5) is 22.0 Å². The second kappa shape index (κ2) is 8.37. The number of H-pyrrole nitrogens is 1. The van der Waals surface area contributed by atoms with Crippen molar-refractivity contribution in [3.05, 3.63) is 63.3 Å². The summed E-state index contributed by atoms with van der Waals surface area (Å²) in [7, 11) is 0. The van der Waals surface area contributed by atoms with Gasteiger partial charge in [-0.3, -0.25) is 4.90 Å². The molecule has 2 atom stereocenters. The van der Waals surface area contributed by atoms with E-state index in [1.807, 2.05) is 0 Å². The fourth-order valence-electron chi connectivity index (χ4n) is 4.34. The first-order chi connectivity index (χ1) is 15.1. The second-order valence-electron chi connectivity index (χ2n) is 7.69. The first-order valence-electron chi connectivity index (χ1n) is 9.68. The molecule has 2 heterocycles. The molecule has 1 aliphatic rings. The first-order valence-corrected chi connectivity index (χ1v) is 10.5. The van der Waals surface area contributed by atoms with E-state index < -0.39 is 31.4 Å². The monoisotopic (exact) mass is 513 g/mol. The van der Waals surface area contributed by atoms with Crippen LogP contribution in [0.15, 0.2) is 40.9 Å². The number of halogens is 6. The lowest BCUT2D eigenvalue weighted by atomic mass is 9.88. The van der Waals surface area contributed by atoms with Gasteiger partial charge in [0.2, 0.25) is 0 Å². The van der Waals surface area contributed by atoms with Crippen LogP contribution in [0.3, 0.4) is 0 Å². The number of nitrogens with one attached hydrogen (secondary N) is 1. The molecular formula is C22H17BrF5N3O. The number of ether oxygens (including phenoxy) is 1. The maximum Gasteiger partial charge on any atom is 0.401 e. The fraction of sp³-hybridized carbons (Fsp3) is 0.318. The Bertz CT molecular complexity index is 1200. The van der Waals surface area contributed by atoms with Crippen LogP contribution in [0.2, 0.25) is 0 Å². The Balaban J connectivity index is 1.96. The van der Waals surface area contributed by atoms with Gasteiger partial charge in [-0.1, -0.05) is 22.0 Å². The van der Waals surface area contributed by atoms with Gasteiger partial charge in [0.05, 0.1) is 24.2 Å². The third kappa shape index (κ3) is 4.32. The maximum absolute atomic E-state index is 13.5. The third-order valence-electron chi connectivity index (χ3n) is 5.59. The van der Waals surface area contributed by atoms with Crippen LogP contribution >= 0.6 is 15.9 Å². The Morgan fingerprint density at radius 1 is 1.25 bits per heavy atom. The second-order valence-corrected chi connectivity index (χ2v) is 8.61. The molecule has 0 spiro atoms. The molecule has 0 fully saturated rings. The van der Waals surface area contributed by atoms with Crippen LogP contribution < -0.4 is 4.74 Å². The largest absolute Gasteiger partial charge is 0.434 e. The van der Waals surface area contributed by atoms with Gasteiger partial charge >= 0.3 is 12.8 Å². The van der Waals surface area contributed by atoms with Crippen molar-refractivity contribution >= 4 is 26.8 Å². The standard InChI is InChI=1S/C22H17BrF5N3O/c1-11-6-16-15-7-12(9-29)2-5-17(15)30-19(16)20(31(11)10-22(26,27)28)14-4-3-13(23)8-18(14)32-21(24)25/h2-5,7-8,11,20-21,30H,6,10H2,1H3/t11-,20-/m1/s1. The molecule has 32 heavy (non-hydrogen) atoms. The van der Waals surface area contributed by atoms with E-state index in [1.165, 1.54) is 17.0 Å². The predicted octanol–water partition coefficient (Wildman–Crippen LogP) is 6.30. The number of nitrogens with zero attached hydrogens (tertiary/aromatic N) is 2. The summed E-state index contributed by atoms with van der Waals surface area (Å²) < 4.78 is 71.9. The van der Waals surface area contributed by atoms with E-state index in [-0.39, 0.29) is 11.3 Å². The van der Waals surface area contributed by atoms with E-state index in [2.05, 4.69) is 27.0 Å². The van der Waals surface area contributed by atoms with E-state index in [0.29, 0.717) is 27.7 Å². The highest BCUT2D eigenvalue weighted by atomic mass is 79.9. The number of aromatic amines is 1. The lowest BCUT2D eigenvalue weighted by Gasteiger charge is -2.41. The summed E-state index contributed by atoms with van der Waals surface area (Å²) in [5, 5.41) is 9.98. The van der Waals surface area contributed by atoms with Gasteiger partial charge in [0.25, 0.3) is 0 Å². The molecule has 168 valence electrons. The molecule has 0 saturated carbocycles. The lowest BCUT2D eigenvalue weighted by Crippen LogP contribution is -2.47. The quantitative estimate of drug-likeness (QED) is 0.416. The Labute approximate surface area is 188 Å². The summed E-state index contributed by atoms with van der Waals surface area (Å²) in [6.07, 6.45) is -4.19. The van der Waals surface area contributed by atoms with Crippen LogP contribution in [0.25, 0.3) is 10.9 Å². The van der Waals surface area contributed by atoms with Gasteiger partial charge in [-0.15, -0.1) is 0 Å². The Kier molecular flexibility index (Phi) is 5.90. The van der Waals surface area contributed by atoms with Crippen molar-refractivity contribution in [2.75, 3.05) is 6.54 Å². The van der Waals surface area contributed by atoms with Gasteiger partial charge in [-0.05, 0) is 49.2 Å². The average molecular weight is 514 g/mol. The van der Waals surface area contributed by atoms with E-state index in [9.17, 15) is 27.2 Å². The number of nitriles is 1. The van der Waals surface area contributed by atoms with Crippen molar-refractivity contribution in [2.45, 2.75) is 38.2 Å². The van der Waals surface area contributed by atoms with Crippen LogP contribution in [-0.2, 0) is 6.42 Å². The SMILES string of the molecule is C[C@@H]1Cc2c([nH]c3ccc(C#N)cc23)[C@@H](c2ccc(Br)cc2OC(F)F)N1CC(F)(F)F. The zero-order valence-electron chi connectivity index (χ0n) is 16.7. The van der Waals surface area contributed by atoms with Gasteiger partial charge in [-0.2, -0.15) is 27.2 Å². The molecule has 1 aromatic heterocycles. The number of hydrogen-bond donors (Lipinski definition) is 1. The average Bonchev–Trinajstić information content (AvgIpc) is 3.05. The molecule has 3 aromatic rings. The van der Waals surface area contributed by atoms with Crippen LogP contribution in [0, 0.1) is 11.3 Å². The predicted molar refractivity (Wildman–Crippen MR) is 112 cm³/mol. The minimum absolute atomic E-state index is 0.192.